The highest BCUT2D eigenvalue weighted by Gasteiger charge is 2.16. The quantitative estimate of drug-likeness (QED) is 0.600. The molecule has 0 radical (unpaired) electrons. The van der Waals surface area contributed by atoms with E-state index in [4.69, 9.17) is 0 Å². The number of benzene rings is 3. The zero-order valence-corrected chi connectivity index (χ0v) is 14.1. The van der Waals surface area contributed by atoms with E-state index >= 15 is 0 Å². The van der Waals surface area contributed by atoms with Crippen LogP contribution in [0.5, 0.6) is 0 Å². The van der Waals surface area contributed by atoms with Crippen LogP contribution in [0.3, 0.4) is 0 Å². The Kier molecular flexibility index (Phi) is 5.70. The van der Waals surface area contributed by atoms with Gasteiger partial charge in [-0.15, -0.1) is 0 Å². The maximum Gasteiger partial charge on any atom is 0.196 e. The topological polar surface area (TPSA) is 29.1 Å². The van der Waals surface area contributed by atoms with Crippen LogP contribution in [-0.2, 0) is 4.79 Å². The molecule has 3 aromatic carbocycles. The SMILES string of the molecule is O=C(CC(Nc1ccccc1)c1ccccc1)Sc1ccccc1. The number of carbonyl (C=O) groups excluding carboxylic acids is 1. The average Bonchev–Trinajstić information content (AvgIpc) is 2.63. The van der Waals surface area contributed by atoms with Gasteiger partial charge in [-0.1, -0.05) is 78.5 Å². The van der Waals surface area contributed by atoms with Crippen LogP contribution in [0.4, 0.5) is 5.69 Å². The summed E-state index contributed by atoms with van der Waals surface area (Å²) in [6, 6.07) is 29.9. The Balaban J connectivity index is 1.73. The molecule has 0 bridgehead atoms. The van der Waals surface area contributed by atoms with Crippen LogP contribution in [0.1, 0.15) is 18.0 Å². The first-order valence-electron chi connectivity index (χ1n) is 7.93. The molecule has 0 aliphatic carbocycles. The molecule has 1 N–H and O–H groups in total. The molecule has 3 heteroatoms. The molecular formula is C21H19NOS. The number of rotatable bonds is 6. The second kappa shape index (κ2) is 8.37. The average molecular weight is 333 g/mol. The third-order valence-electron chi connectivity index (χ3n) is 3.66. The Labute approximate surface area is 146 Å². The normalized spacial score (nSPS) is 11.7. The highest BCUT2D eigenvalue weighted by atomic mass is 32.2. The fourth-order valence-corrected chi connectivity index (χ4v) is 3.31. The van der Waals surface area contributed by atoms with Crippen molar-refractivity contribution < 1.29 is 4.79 Å². The van der Waals surface area contributed by atoms with Crippen LogP contribution in [0, 0.1) is 0 Å². The van der Waals surface area contributed by atoms with Gasteiger partial charge < -0.3 is 5.32 Å². The van der Waals surface area contributed by atoms with Crippen molar-refractivity contribution in [2.45, 2.75) is 17.4 Å². The molecule has 0 aromatic heterocycles. The van der Waals surface area contributed by atoms with E-state index in [0.29, 0.717) is 6.42 Å². The van der Waals surface area contributed by atoms with E-state index < -0.39 is 0 Å². The molecule has 0 spiro atoms. The van der Waals surface area contributed by atoms with Crippen molar-refractivity contribution in [1.29, 1.82) is 0 Å². The third kappa shape index (κ3) is 4.74. The number of hydrogen-bond acceptors (Lipinski definition) is 3. The Morgan fingerprint density at radius 1 is 0.792 bits per heavy atom. The molecule has 0 aliphatic rings. The van der Waals surface area contributed by atoms with Gasteiger partial charge in [0.15, 0.2) is 5.12 Å². The second-order valence-electron chi connectivity index (χ2n) is 5.46. The molecule has 2 nitrogen and oxygen atoms in total. The lowest BCUT2D eigenvalue weighted by Gasteiger charge is -2.19. The first-order valence-corrected chi connectivity index (χ1v) is 8.75. The van der Waals surface area contributed by atoms with Crippen molar-refractivity contribution in [1.82, 2.24) is 0 Å². The van der Waals surface area contributed by atoms with Gasteiger partial charge in [0.05, 0.1) is 6.04 Å². The number of anilines is 1. The summed E-state index contributed by atoms with van der Waals surface area (Å²) in [7, 11) is 0. The lowest BCUT2D eigenvalue weighted by molar-refractivity contribution is -0.111. The van der Waals surface area contributed by atoms with Crippen molar-refractivity contribution in [2.24, 2.45) is 0 Å². The molecule has 120 valence electrons. The zero-order chi connectivity index (χ0) is 16.6. The summed E-state index contributed by atoms with van der Waals surface area (Å²) >= 11 is 1.30. The lowest BCUT2D eigenvalue weighted by Crippen LogP contribution is -2.14. The molecule has 0 amide bonds. The highest BCUT2D eigenvalue weighted by Crippen LogP contribution is 2.28. The number of para-hydroxylation sites is 1. The van der Waals surface area contributed by atoms with Crippen LogP contribution >= 0.6 is 11.8 Å². The highest BCUT2D eigenvalue weighted by molar-refractivity contribution is 8.13. The summed E-state index contributed by atoms with van der Waals surface area (Å²) in [6.45, 7) is 0. The van der Waals surface area contributed by atoms with Crippen LogP contribution in [0.25, 0.3) is 0 Å². The Hall–Kier alpha value is -2.52. The maximum absolute atomic E-state index is 12.5. The number of nitrogens with one attached hydrogen (secondary N) is 1. The first-order chi connectivity index (χ1) is 11.8. The summed E-state index contributed by atoms with van der Waals surface area (Å²) in [4.78, 5) is 13.5. The minimum atomic E-state index is -0.0442. The minimum Gasteiger partial charge on any atom is -0.378 e. The van der Waals surface area contributed by atoms with Gasteiger partial charge in [-0.05, 0) is 29.8 Å². The van der Waals surface area contributed by atoms with Crippen molar-refractivity contribution in [3.63, 3.8) is 0 Å². The Bertz CT molecular complexity index is 760. The van der Waals surface area contributed by atoms with E-state index in [1.165, 1.54) is 11.8 Å². The van der Waals surface area contributed by atoms with E-state index in [0.717, 1.165) is 16.1 Å². The van der Waals surface area contributed by atoms with E-state index in [1.54, 1.807) is 0 Å². The second-order valence-corrected chi connectivity index (χ2v) is 6.60. The molecule has 0 saturated carbocycles. The number of hydrogen-bond donors (Lipinski definition) is 1. The van der Waals surface area contributed by atoms with Gasteiger partial charge in [-0.25, -0.2) is 0 Å². The molecule has 0 fully saturated rings. The maximum atomic E-state index is 12.5. The van der Waals surface area contributed by atoms with Gasteiger partial charge in [-0.3, -0.25) is 4.79 Å². The van der Waals surface area contributed by atoms with Crippen LogP contribution in [-0.4, -0.2) is 5.12 Å². The van der Waals surface area contributed by atoms with E-state index in [9.17, 15) is 4.79 Å². The summed E-state index contributed by atoms with van der Waals surface area (Å²) in [5.74, 6) is 0. The van der Waals surface area contributed by atoms with E-state index in [-0.39, 0.29) is 11.2 Å². The third-order valence-corrected chi connectivity index (χ3v) is 4.56. The molecule has 0 aliphatic heterocycles. The fourth-order valence-electron chi connectivity index (χ4n) is 2.50. The van der Waals surface area contributed by atoms with Crippen molar-refractivity contribution in [2.75, 3.05) is 5.32 Å². The molecule has 0 saturated heterocycles. The van der Waals surface area contributed by atoms with Crippen LogP contribution in [0.15, 0.2) is 95.9 Å². The lowest BCUT2D eigenvalue weighted by atomic mass is 10.0. The molecule has 1 unspecified atom stereocenters. The summed E-state index contributed by atoms with van der Waals surface area (Å²) in [6.07, 6.45) is 0.429. The number of thioether (sulfide) groups is 1. The smallest absolute Gasteiger partial charge is 0.196 e. The Morgan fingerprint density at radius 2 is 1.33 bits per heavy atom. The largest absolute Gasteiger partial charge is 0.378 e. The zero-order valence-electron chi connectivity index (χ0n) is 13.3. The predicted molar refractivity (Wildman–Crippen MR) is 101 cm³/mol. The van der Waals surface area contributed by atoms with E-state index in [2.05, 4.69) is 17.4 Å². The van der Waals surface area contributed by atoms with Gasteiger partial charge in [0, 0.05) is 17.0 Å². The summed E-state index contributed by atoms with van der Waals surface area (Å²) < 4.78 is 0. The van der Waals surface area contributed by atoms with Gasteiger partial charge in [0.2, 0.25) is 0 Å². The van der Waals surface area contributed by atoms with Crippen LogP contribution in [0.2, 0.25) is 0 Å². The van der Waals surface area contributed by atoms with Crippen molar-refractivity contribution in [3.05, 3.63) is 96.6 Å². The van der Waals surface area contributed by atoms with Gasteiger partial charge in [0.1, 0.15) is 0 Å². The van der Waals surface area contributed by atoms with E-state index in [1.807, 2.05) is 78.9 Å². The monoisotopic (exact) mass is 333 g/mol. The molecule has 0 heterocycles. The molecule has 3 rings (SSSR count). The van der Waals surface area contributed by atoms with Crippen molar-refractivity contribution in [3.8, 4) is 0 Å². The fraction of sp³-hybridized carbons (Fsp3) is 0.0952. The molecular weight excluding hydrogens is 314 g/mol. The van der Waals surface area contributed by atoms with Crippen molar-refractivity contribution >= 4 is 22.6 Å². The van der Waals surface area contributed by atoms with Gasteiger partial charge >= 0.3 is 0 Å². The standard InChI is InChI=1S/C21H19NOS/c23-21(24-19-14-8-3-9-15-19)16-20(17-10-4-1-5-11-17)22-18-12-6-2-7-13-18/h1-15,20,22H,16H2. The molecule has 24 heavy (non-hydrogen) atoms. The first kappa shape index (κ1) is 16.3. The van der Waals surface area contributed by atoms with Gasteiger partial charge in [-0.2, -0.15) is 0 Å². The molecule has 1 atom stereocenters. The predicted octanol–water partition coefficient (Wildman–Crippen LogP) is 5.55. The molecule has 3 aromatic rings. The number of carbonyl (C=O) groups is 1. The Morgan fingerprint density at radius 3 is 1.96 bits per heavy atom. The minimum absolute atomic E-state index is 0.0442. The van der Waals surface area contributed by atoms with Gasteiger partial charge in [0.25, 0.3) is 0 Å². The summed E-state index contributed by atoms with van der Waals surface area (Å²) in [5.41, 5.74) is 2.13. The van der Waals surface area contributed by atoms with Crippen LogP contribution < -0.4 is 5.32 Å². The summed E-state index contributed by atoms with van der Waals surface area (Å²) in [5, 5.41) is 3.63.